The van der Waals surface area contributed by atoms with Gasteiger partial charge in [0.2, 0.25) is 10.0 Å². The van der Waals surface area contributed by atoms with Crippen molar-refractivity contribution < 1.29 is 8.42 Å². The number of benzene rings is 1. The van der Waals surface area contributed by atoms with Crippen molar-refractivity contribution in [1.29, 1.82) is 0 Å². The van der Waals surface area contributed by atoms with Gasteiger partial charge in [-0.25, -0.2) is 13.1 Å². The number of sulfonamides is 1. The number of thiophene rings is 1. The fraction of sp³-hybridized carbons (Fsp3) is 0.429. The first-order chi connectivity index (χ1) is 9.27. The molecule has 0 bridgehead atoms. The predicted octanol–water partition coefficient (Wildman–Crippen LogP) is 2.32. The molecule has 0 aliphatic carbocycles. The van der Waals surface area contributed by atoms with Crippen molar-refractivity contribution in [2.24, 2.45) is 0 Å². The van der Waals surface area contributed by atoms with Crippen LogP contribution in [0.1, 0.15) is 19.4 Å². The molecular weight excluding hydrogens is 292 g/mol. The topological polar surface area (TPSA) is 58.2 Å². The van der Waals surface area contributed by atoms with Crippen molar-refractivity contribution in [2.45, 2.75) is 25.9 Å². The number of rotatable bonds is 6. The third-order valence-corrected chi connectivity index (χ3v) is 4.84. The van der Waals surface area contributed by atoms with Crippen LogP contribution < -0.4 is 10.0 Å². The van der Waals surface area contributed by atoms with E-state index in [0.717, 1.165) is 6.54 Å². The Labute approximate surface area is 124 Å². The van der Waals surface area contributed by atoms with Crippen LogP contribution in [0.3, 0.4) is 0 Å². The summed E-state index contributed by atoms with van der Waals surface area (Å²) >= 11 is 1.73. The molecule has 2 aromatic rings. The van der Waals surface area contributed by atoms with E-state index in [-0.39, 0.29) is 0 Å². The fourth-order valence-corrected chi connectivity index (χ4v) is 4.26. The summed E-state index contributed by atoms with van der Waals surface area (Å²) in [6.07, 6.45) is 1.18. The molecule has 2 rings (SSSR count). The molecule has 0 aliphatic rings. The molecule has 1 aromatic carbocycles. The lowest BCUT2D eigenvalue weighted by molar-refractivity contribution is 0.421. The molecule has 1 heterocycles. The summed E-state index contributed by atoms with van der Waals surface area (Å²) in [7, 11) is -3.19. The second-order valence-electron chi connectivity index (χ2n) is 5.62. The second-order valence-corrected chi connectivity index (χ2v) is 8.28. The molecule has 0 fully saturated rings. The van der Waals surface area contributed by atoms with Crippen molar-refractivity contribution >= 4 is 31.4 Å². The van der Waals surface area contributed by atoms with Crippen molar-refractivity contribution in [1.82, 2.24) is 10.0 Å². The highest BCUT2D eigenvalue weighted by Crippen LogP contribution is 2.25. The first-order valence-electron chi connectivity index (χ1n) is 6.42. The average Bonchev–Trinajstić information content (AvgIpc) is 2.69. The quantitative estimate of drug-likeness (QED) is 0.860. The molecule has 0 saturated carbocycles. The van der Waals surface area contributed by atoms with E-state index in [4.69, 9.17) is 0 Å². The summed E-state index contributed by atoms with van der Waals surface area (Å²) in [5.41, 5.74) is 0.750. The fourth-order valence-electron chi connectivity index (χ4n) is 2.22. The van der Waals surface area contributed by atoms with Crippen LogP contribution in [0.2, 0.25) is 0 Å². The van der Waals surface area contributed by atoms with Crippen LogP contribution in [0.5, 0.6) is 0 Å². The Morgan fingerprint density at radius 3 is 2.65 bits per heavy atom. The molecule has 1 aromatic heterocycles. The highest BCUT2D eigenvalue weighted by molar-refractivity contribution is 7.88. The summed E-state index contributed by atoms with van der Waals surface area (Å²) in [6, 6.07) is 8.30. The lowest BCUT2D eigenvalue weighted by Gasteiger charge is -2.25. The van der Waals surface area contributed by atoms with E-state index in [1.54, 1.807) is 11.3 Å². The van der Waals surface area contributed by atoms with Gasteiger partial charge in [-0.05, 0) is 36.2 Å². The number of hydrogen-bond donors (Lipinski definition) is 2. The minimum Gasteiger partial charge on any atom is -0.311 e. The largest absolute Gasteiger partial charge is 0.311 e. The van der Waals surface area contributed by atoms with Gasteiger partial charge in [0.15, 0.2) is 0 Å². The number of fused-ring (bicyclic) bond motifs is 1. The lowest BCUT2D eigenvalue weighted by atomic mass is 10.1. The molecule has 0 radical (unpaired) electrons. The summed E-state index contributed by atoms with van der Waals surface area (Å²) < 4.78 is 26.5. The van der Waals surface area contributed by atoms with Gasteiger partial charge in [0.1, 0.15) is 0 Å². The standard InChI is InChI=1S/C14H20N2O2S2/c1-14(2,16-20(3,17)18)10-15-8-11-9-19-13-7-5-4-6-12(11)13/h4-7,9,15-16H,8,10H2,1-3H3. The Bertz CT molecular complexity index is 690. The molecular formula is C14H20N2O2S2. The minimum absolute atomic E-state index is 0.501. The first kappa shape index (κ1) is 15.4. The zero-order chi connectivity index (χ0) is 14.8. The zero-order valence-corrected chi connectivity index (χ0v) is 13.6. The molecule has 0 amide bonds. The van der Waals surface area contributed by atoms with E-state index in [2.05, 4.69) is 27.6 Å². The molecule has 0 atom stereocenters. The van der Waals surface area contributed by atoms with Gasteiger partial charge in [0, 0.05) is 23.3 Å². The van der Waals surface area contributed by atoms with Crippen LogP contribution in [0.25, 0.3) is 10.1 Å². The highest BCUT2D eigenvalue weighted by Gasteiger charge is 2.21. The molecule has 2 N–H and O–H groups in total. The third kappa shape index (κ3) is 4.28. The maximum absolute atomic E-state index is 11.3. The molecule has 0 aliphatic heterocycles. The van der Waals surface area contributed by atoms with Crippen LogP contribution in [0.4, 0.5) is 0 Å². The van der Waals surface area contributed by atoms with E-state index in [1.165, 1.54) is 21.9 Å². The SMILES string of the molecule is CC(C)(CNCc1csc2ccccc12)NS(C)(=O)=O. The molecule has 20 heavy (non-hydrogen) atoms. The molecule has 0 unspecified atom stereocenters. The third-order valence-electron chi connectivity index (χ3n) is 2.91. The molecule has 4 nitrogen and oxygen atoms in total. The van der Waals surface area contributed by atoms with Gasteiger partial charge < -0.3 is 5.32 Å². The maximum Gasteiger partial charge on any atom is 0.209 e. The van der Waals surface area contributed by atoms with Crippen LogP contribution in [0.15, 0.2) is 29.6 Å². The van der Waals surface area contributed by atoms with Gasteiger partial charge in [-0.15, -0.1) is 11.3 Å². The van der Waals surface area contributed by atoms with Crippen molar-refractivity contribution in [2.75, 3.05) is 12.8 Å². The monoisotopic (exact) mass is 312 g/mol. The van der Waals surface area contributed by atoms with Crippen LogP contribution in [-0.4, -0.2) is 26.8 Å². The molecule has 0 spiro atoms. The van der Waals surface area contributed by atoms with Crippen LogP contribution in [0, 0.1) is 0 Å². The second kappa shape index (κ2) is 5.81. The van der Waals surface area contributed by atoms with Gasteiger partial charge >= 0.3 is 0 Å². The Hall–Kier alpha value is -0.950. The predicted molar refractivity (Wildman–Crippen MR) is 85.6 cm³/mol. The Morgan fingerprint density at radius 1 is 1.25 bits per heavy atom. The smallest absolute Gasteiger partial charge is 0.209 e. The Kier molecular flexibility index (Phi) is 4.49. The van der Waals surface area contributed by atoms with E-state index >= 15 is 0 Å². The van der Waals surface area contributed by atoms with Crippen molar-refractivity contribution in [3.63, 3.8) is 0 Å². The summed E-state index contributed by atoms with van der Waals surface area (Å²) in [4.78, 5) is 0. The van der Waals surface area contributed by atoms with Gasteiger partial charge in [-0.2, -0.15) is 0 Å². The summed E-state index contributed by atoms with van der Waals surface area (Å²) in [5, 5.41) is 6.73. The van der Waals surface area contributed by atoms with Gasteiger partial charge in [-0.3, -0.25) is 0 Å². The van der Waals surface area contributed by atoms with E-state index in [9.17, 15) is 8.42 Å². The zero-order valence-electron chi connectivity index (χ0n) is 11.9. The number of hydrogen-bond acceptors (Lipinski definition) is 4. The lowest BCUT2D eigenvalue weighted by Crippen LogP contribution is -2.49. The first-order valence-corrected chi connectivity index (χ1v) is 9.19. The van der Waals surface area contributed by atoms with Gasteiger partial charge in [0.05, 0.1) is 6.26 Å². The maximum atomic E-state index is 11.3. The van der Waals surface area contributed by atoms with E-state index in [1.807, 2.05) is 26.0 Å². The van der Waals surface area contributed by atoms with Crippen LogP contribution >= 0.6 is 11.3 Å². The van der Waals surface area contributed by atoms with Crippen LogP contribution in [-0.2, 0) is 16.6 Å². The van der Waals surface area contributed by atoms with E-state index in [0.29, 0.717) is 6.54 Å². The average molecular weight is 312 g/mol. The van der Waals surface area contributed by atoms with E-state index < -0.39 is 15.6 Å². The van der Waals surface area contributed by atoms with Gasteiger partial charge in [0.25, 0.3) is 0 Å². The molecule has 6 heteroatoms. The summed E-state index contributed by atoms with van der Waals surface area (Å²) in [6.45, 7) is 5.04. The normalized spacial score (nSPS) is 12.9. The summed E-state index contributed by atoms with van der Waals surface area (Å²) in [5.74, 6) is 0. The van der Waals surface area contributed by atoms with Crippen molar-refractivity contribution in [3.05, 3.63) is 35.2 Å². The Morgan fingerprint density at radius 2 is 1.95 bits per heavy atom. The van der Waals surface area contributed by atoms with Gasteiger partial charge in [-0.1, -0.05) is 18.2 Å². The minimum atomic E-state index is -3.19. The Balaban J connectivity index is 1.96. The molecule has 0 saturated heterocycles. The highest BCUT2D eigenvalue weighted by atomic mass is 32.2. The van der Waals surface area contributed by atoms with Crippen molar-refractivity contribution in [3.8, 4) is 0 Å². The number of nitrogens with one attached hydrogen (secondary N) is 2. The molecule has 110 valence electrons.